The van der Waals surface area contributed by atoms with Crippen molar-refractivity contribution in [3.05, 3.63) is 0 Å². The first-order valence-electron chi connectivity index (χ1n) is 8.17. The molecular formula is C17H31N3O. The molecule has 0 bridgehead atoms. The number of morpholine rings is 1. The summed E-state index contributed by atoms with van der Waals surface area (Å²) in [4.78, 5) is 2.48. The van der Waals surface area contributed by atoms with Crippen LogP contribution in [0.2, 0.25) is 0 Å². The van der Waals surface area contributed by atoms with Crippen LogP contribution in [0, 0.1) is 11.3 Å². The molecule has 1 aliphatic heterocycles. The van der Waals surface area contributed by atoms with Crippen molar-refractivity contribution in [3.63, 3.8) is 0 Å². The minimum absolute atomic E-state index is 0.136. The number of rotatable bonds is 5. The summed E-state index contributed by atoms with van der Waals surface area (Å²) < 4.78 is 6.15. The van der Waals surface area contributed by atoms with Crippen LogP contribution in [0.15, 0.2) is 0 Å². The van der Waals surface area contributed by atoms with Crippen LogP contribution >= 0.6 is 0 Å². The SMILES string of the molecule is CC(CC(C)(C#N)NC1CC1)N1CC(C)(C)OC(C)(C)C1. The maximum absolute atomic E-state index is 9.56. The molecule has 4 heteroatoms. The lowest BCUT2D eigenvalue weighted by Gasteiger charge is -2.50. The Bertz CT molecular complexity index is 406. The van der Waals surface area contributed by atoms with E-state index < -0.39 is 5.54 Å². The Kier molecular flexibility index (Phi) is 4.41. The van der Waals surface area contributed by atoms with E-state index in [-0.39, 0.29) is 11.2 Å². The van der Waals surface area contributed by atoms with Crippen molar-refractivity contribution < 1.29 is 4.74 Å². The molecule has 21 heavy (non-hydrogen) atoms. The van der Waals surface area contributed by atoms with E-state index >= 15 is 0 Å². The Morgan fingerprint density at radius 2 is 1.81 bits per heavy atom. The second kappa shape index (κ2) is 5.53. The van der Waals surface area contributed by atoms with Crippen LogP contribution in [-0.2, 0) is 4.74 Å². The quantitative estimate of drug-likeness (QED) is 0.846. The zero-order valence-corrected chi connectivity index (χ0v) is 14.5. The van der Waals surface area contributed by atoms with Crippen LogP contribution in [0.4, 0.5) is 0 Å². The number of nitrogens with zero attached hydrogens (tertiary/aromatic N) is 2. The Labute approximate surface area is 129 Å². The summed E-state index contributed by atoms with van der Waals surface area (Å²) in [6, 6.07) is 3.41. The third-order valence-electron chi connectivity index (χ3n) is 4.39. The molecule has 4 nitrogen and oxygen atoms in total. The van der Waals surface area contributed by atoms with Crippen molar-refractivity contribution in [3.8, 4) is 6.07 Å². The van der Waals surface area contributed by atoms with Crippen LogP contribution in [0.1, 0.15) is 60.8 Å². The minimum Gasteiger partial charge on any atom is -0.367 e. The first-order chi connectivity index (χ1) is 9.54. The van der Waals surface area contributed by atoms with Crippen molar-refractivity contribution in [2.45, 2.75) is 89.6 Å². The van der Waals surface area contributed by atoms with Crippen LogP contribution in [0.5, 0.6) is 0 Å². The fraction of sp³-hybridized carbons (Fsp3) is 0.941. The molecule has 0 aromatic carbocycles. The van der Waals surface area contributed by atoms with Gasteiger partial charge in [0, 0.05) is 25.2 Å². The van der Waals surface area contributed by atoms with Gasteiger partial charge in [0.25, 0.3) is 0 Å². The number of nitrogens with one attached hydrogen (secondary N) is 1. The van der Waals surface area contributed by atoms with Crippen LogP contribution in [0.25, 0.3) is 0 Å². The normalized spacial score (nSPS) is 29.4. The fourth-order valence-corrected chi connectivity index (χ4v) is 3.69. The second-order valence-electron chi connectivity index (χ2n) is 8.44. The maximum atomic E-state index is 9.56. The summed E-state index contributed by atoms with van der Waals surface area (Å²) in [5.41, 5.74) is -0.695. The van der Waals surface area contributed by atoms with Crippen molar-refractivity contribution in [2.24, 2.45) is 0 Å². The highest BCUT2D eigenvalue weighted by molar-refractivity contribution is 5.09. The lowest BCUT2D eigenvalue weighted by atomic mass is 9.91. The zero-order chi connectivity index (χ0) is 15.9. The molecule has 1 saturated carbocycles. The van der Waals surface area contributed by atoms with Gasteiger partial charge in [0.1, 0.15) is 5.54 Å². The molecule has 2 unspecified atom stereocenters. The number of hydrogen-bond donors (Lipinski definition) is 1. The summed E-state index contributed by atoms with van der Waals surface area (Å²) >= 11 is 0. The van der Waals surface area contributed by atoms with Crippen LogP contribution in [0.3, 0.4) is 0 Å². The Morgan fingerprint density at radius 3 is 2.24 bits per heavy atom. The summed E-state index contributed by atoms with van der Waals surface area (Å²) in [5.74, 6) is 0. The zero-order valence-electron chi connectivity index (χ0n) is 14.5. The van der Waals surface area contributed by atoms with Gasteiger partial charge < -0.3 is 4.74 Å². The average Bonchev–Trinajstić information content (AvgIpc) is 3.08. The van der Waals surface area contributed by atoms with Crippen molar-refractivity contribution in [2.75, 3.05) is 13.1 Å². The van der Waals surface area contributed by atoms with Gasteiger partial charge in [-0.2, -0.15) is 5.26 Å². The van der Waals surface area contributed by atoms with Crippen molar-refractivity contribution in [1.82, 2.24) is 10.2 Å². The van der Waals surface area contributed by atoms with E-state index in [4.69, 9.17) is 4.74 Å². The van der Waals surface area contributed by atoms with Gasteiger partial charge in [-0.3, -0.25) is 10.2 Å². The number of ether oxygens (including phenoxy) is 1. The fourth-order valence-electron chi connectivity index (χ4n) is 3.69. The molecule has 0 radical (unpaired) electrons. The monoisotopic (exact) mass is 293 g/mol. The second-order valence-corrected chi connectivity index (χ2v) is 8.44. The average molecular weight is 293 g/mol. The number of nitriles is 1. The predicted molar refractivity (Wildman–Crippen MR) is 85.1 cm³/mol. The molecule has 1 N–H and O–H groups in total. The molecule has 2 aliphatic rings. The molecule has 120 valence electrons. The van der Waals surface area contributed by atoms with Crippen LogP contribution < -0.4 is 5.32 Å². The first kappa shape index (κ1) is 16.7. The molecule has 2 atom stereocenters. The van der Waals surface area contributed by atoms with Gasteiger partial charge >= 0.3 is 0 Å². The minimum atomic E-state index is -0.423. The molecule has 0 spiro atoms. The molecule has 1 saturated heterocycles. The molecule has 0 aromatic heterocycles. The largest absolute Gasteiger partial charge is 0.367 e. The summed E-state index contributed by atoms with van der Waals surface area (Å²) in [5, 5.41) is 13.1. The van der Waals surface area contributed by atoms with E-state index in [1.807, 2.05) is 6.92 Å². The van der Waals surface area contributed by atoms with Gasteiger partial charge in [-0.25, -0.2) is 0 Å². The molecule has 1 aliphatic carbocycles. The lowest BCUT2D eigenvalue weighted by molar-refractivity contribution is -0.187. The van der Waals surface area contributed by atoms with Crippen molar-refractivity contribution in [1.29, 1.82) is 5.26 Å². The molecule has 2 rings (SSSR count). The topological polar surface area (TPSA) is 48.3 Å². The smallest absolute Gasteiger partial charge is 0.105 e. The van der Waals surface area contributed by atoms with E-state index in [9.17, 15) is 5.26 Å². The molecule has 2 fully saturated rings. The van der Waals surface area contributed by atoms with E-state index in [2.05, 4.69) is 50.9 Å². The Morgan fingerprint density at radius 1 is 1.29 bits per heavy atom. The van der Waals surface area contributed by atoms with Crippen LogP contribution in [-0.4, -0.2) is 46.8 Å². The molecule has 0 amide bonds. The Hall–Kier alpha value is -0.630. The van der Waals surface area contributed by atoms with E-state index in [0.29, 0.717) is 12.1 Å². The summed E-state index contributed by atoms with van der Waals surface area (Å²) in [7, 11) is 0. The summed E-state index contributed by atoms with van der Waals surface area (Å²) in [6.07, 6.45) is 3.28. The third kappa shape index (κ3) is 4.67. The standard InChI is InChI=1S/C17H31N3O/c1-13(9-17(6,10-18)19-14-7-8-14)20-11-15(2,3)21-16(4,5)12-20/h13-14,19H,7-9,11-12H2,1-6H3. The highest BCUT2D eigenvalue weighted by Crippen LogP contribution is 2.31. The van der Waals surface area contributed by atoms with Gasteiger partial charge in [0.05, 0.1) is 17.3 Å². The number of hydrogen-bond acceptors (Lipinski definition) is 4. The highest BCUT2D eigenvalue weighted by Gasteiger charge is 2.41. The van der Waals surface area contributed by atoms with Crippen molar-refractivity contribution >= 4 is 0 Å². The molecule has 0 aromatic rings. The summed E-state index contributed by atoms with van der Waals surface area (Å²) in [6.45, 7) is 14.7. The first-order valence-corrected chi connectivity index (χ1v) is 8.17. The van der Waals surface area contributed by atoms with Gasteiger partial charge in [-0.1, -0.05) is 0 Å². The van der Waals surface area contributed by atoms with E-state index in [1.165, 1.54) is 12.8 Å². The van der Waals surface area contributed by atoms with Gasteiger partial charge in [-0.15, -0.1) is 0 Å². The predicted octanol–water partition coefficient (Wildman–Crippen LogP) is 2.69. The van der Waals surface area contributed by atoms with Gasteiger partial charge in [0.15, 0.2) is 0 Å². The van der Waals surface area contributed by atoms with E-state index in [0.717, 1.165) is 19.5 Å². The molecular weight excluding hydrogens is 262 g/mol. The molecule has 1 heterocycles. The van der Waals surface area contributed by atoms with E-state index in [1.54, 1.807) is 0 Å². The van der Waals surface area contributed by atoms with Gasteiger partial charge in [-0.05, 0) is 60.8 Å². The maximum Gasteiger partial charge on any atom is 0.105 e. The highest BCUT2D eigenvalue weighted by atomic mass is 16.5. The van der Waals surface area contributed by atoms with Gasteiger partial charge in [0.2, 0.25) is 0 Å². The lowest BCUT2D eigenvalue weighted by Crippen LogP contribution is -2.60. The third-order valence-corrected chi connectivity index (χ3v) is 4.39. The Balaban J connectivity index is 2.01.